The number of carbonyl (C=O) groups excluding carboxylic acids is 1. The monoisotopic (exact) mass is 321 g/mol. The Morgan fingerprint density at radius 3 is 2.38 bits per heavy atom. The summed E-state index contributed by atoms with van der Waals surface area (Å²) >= 11 is 0. The Kier molecular flexibility index (Phi) is 4.34. The summed E-state index contributed by atoms with van der Waals surface area (Å²) in [5.74, 6) is -0.779. The highest BCUT2D eigenvalue weighted by Gasteiger charge is 2.31. The average molecular weight is 321 g/mol. The quantitative estimate of drug-likeness (QED) is 0.571. The summed E-state index contributed by atoms with van der Waals surface area (Å²) in [5.41, 5.74) is 6.07. The lowest BCUT2D eigenvalue weighted by Crippen LogP contribution is -2.40. The van der Waals surface area contributed by atoms with E-state index in [4.69, 9.17) is 10.5 Å². The molecule has 0 radical (unpaired) electrons. The van der Waals surface area contributed by atoms with E-state index in [1.807, 2.05) is 48.5 Å². The summed E-state index contributed by atoms with van der Waals surface area (Å²) < 4.78 is 5.44. The molecule has 0 aliphatic rings. The Labute approximate surface area is 140 Å². The minimum Gasteiger partial charge on any atom is -0.438 e. The van der Waals surface area contributed by atoms with Gasteiger partial charge >= 0.3 is 5.97 Å². The molecule has 0 aliphatic heterocycles. The van der Waals surface area contributed by atoms with Gasteiger partial charge in [0.15, 0.2) is 11.8 Å². The Morgan fingerprint density at radius 1 is 1.00 bits per heavy atom. The van der Waals surface area contributed by atoms with E-state index in [1.165, 1.54) is 0 Å². The maximum Gasteiger partial charge on any atom is 0.341 e. The number of esters is 1. The number of carbonyl (C=O) groups is 1. The number of aliphatic hydroxyl groups is 1. The van der Waals surface area contributed by atoms with Crippen molar-refractivity contribution in [2.24, 2.45) is 5.73 Å². The van der Waals surface area contributed by atoms with Crippen molar-refractivity contribution in [1.82, 2.24) is 0 Å². The van der Waals surface area contributed by atoms with Gasteiger partial charge in [0.2, 0.25) is 0 Å². The highest BCUT2D eigenvalue weighted by molar-refractivity contribution is 5.87. The van der Waals surface area contributed by atoms with E-state index in [2.05, 4.69) is 0 Å². The fourth-order valence-electron chi connectivity index (χ4n) is 2.75. The van der Waals surface area contributed by atoms with Crippen molar-refractivity contribution in [2.75, 3.05) is 0 Å². The molecule has 0 heterocycles. The van der Waals surface area contributed by atoms with Gasteiger partial charge in [-0.3, -0.25) is 5.73 Å². The lowest BCUT2D eigenvalue weighted by Gasteiger charge is -2.28. The number of ether oxygens (including phenoxy) is 1. The van der Waals surface area contributed by atoms with Crippen LogP contribution in [0.15, 0.2) is 72.8 Å². The molecule has 4 heteroatoms. The first-order valence-electron chi connectivity index (χ1n) is 7.72. The van der Waals surface area contributed by atoms with E-state index in [1.54, 1.807) is 31.2 Å². The van der Waals surface area contributed by atoms with Gasteiger partial charge in [-0.05, 0) is 23.3 Å². The van der Waals surface area contributed by atoms with Gasteiger partial charge in [0.05, 0.1) is 0 Å². The van der Waals surface area contributed by atoms with E-state index in [0.717, 1.165) is 10.8 Å². The first kappa shape index (κ1) is 16.2. The number of hydrogen-bond acceptors (Lipinski definition) is 4. The molecule has 0 saturated heterocycles. The lowest BCUT2D eigenvalue weighted by atomic mass is 9.97. The third-order valence-corrected chi connectivity index (χ3v) is 3.98. The van der Waals surface area contributed by atoms with Crippen molar-refractivity contribution < 1.29 is 14.6 Å². The van der Waals surface area contributed by atoms with Crippen LogP contribution in [0.5, 0.6) is 0 Å². The molecule has 0 aliphatic carbocycles. The highest BCUT2D eigenvalue weighted by Crippen LogP contribution is 2.29. The zero-order chi connectivity index (χ0) is 17.2. The van der Waals surface area contributed by atoms with Gasteiger partial charge in [0.25, 0.3) is 0 Å². The zero-order valence-electron chi connectivity index (χ0n) is 13.3. The zero-order valence-corrected chi connectivity index (χ0v) is 13.3. The molecule has 122 valence electrons. The first-order valence-corrected chi connectivity index (χ1v) is 7.72. The van der Waals surface area contributed by atoms with E-state index >= 15 is 0 Å². The number of fused-ring (bicyclic) bond motifs is 1. The van der Waals surface area contributed by atoms with Crippen LogP contribution in [-0.2, 0) is 15.3 Å². The largest absolute Gasteiger partial charge is 0.438 e. The fraction of sp³-hybridized carbons (Fsp3) is 0.150. The van der Waals surface area contributed by atoms with Crippen LogP contribution in [0.1, 0.15) is 24.2 Å². The van der Waals surface area contributed by atoms with Gasteiger partial charge in [-0.25, -0.2) is 4.79 Å². The number of nitrogens with two attached hydrogens (primary N) is 1. The molecule has 3 aromatic rings. The summed E-state index contributed by atoms with van der Waals surface area (Å²) in [4.78, 5) is 12.3. The van der Waals surface area contributed by atoms with Gasteiger partial charge in [0, 0.05) is 5.56 Å². The van der Waals surface area contributed by atoms with Crippen molar-refractivity contribution in [3.05, 3.63) is 83.9 Å². The van der Waals surface area contributed by atoms with Gasteiger partial charge in [-0.15, -0.1) is 0 Å². The van der Waals surface area contributed by atoms with E-state index in [0.29, 0.717) is 11.1 Å². The van der Waals surface area contributed by atoms with Crippen LogP contribution in [0.25, 0.3) is 10.8 Å². The molecule has 0 bridgehead atoms. The normalized spacial score (nSPS) is 14.8. The molecule has 3 N–H and O–H groups in total. The molecule has 0 spiro atoms. The van der Waals surface area contributed by atoms with Crippen LogP contribution < -0.4 is 5.73 Å². The maximum absolute atomic E-state index is 12.3. The molecule has 3 rings (SSSR count). The average Bonchev–Trinajstić information content (AvgIpc) is 2.61. The Hall–Kier alpha value is -2.69. The molecule has 0 saturated carbocycles. The van der Waals surface area contributed by atoms with Crippen LogP contribution in [0, 0.1) is 0 Å². The Bertz CT molecular complexity index is 854. The molecule has 3 aromatic carbocycles. The number of benzene rings is 3. The van der Waals surface area contributed by atoms with Gasteiger partial charge < -0.3 is 9.84 Å². The van der Waals surface area contributed by atoms with Crippen LogP contribution in [0.3, 0.4) is 0 Å². The van der Waals surface area contributed by atoms with E-state index in [-0.39, 0.29) is 0 Å². The predicted octanol–water partition coefficient (Wildman–Crippen LogP) is 3.25. The smallest absolute Gasteiger partial charge is 0.341 e. The summed E-state index contributed by atoms with van der Waals surface area (Å²) in [5, 5.41) is 12.1. The van der Waals surface area contributed by atoms with Crippen LogP contribution >= 0.6 is 0 Å². The second-order valence-electron chi connectivity index (χ2n) is 5.87. The van der Waals surface area contributed by atoms with Crippen LogP contribution in [0.4, 0.5) is 0 Å². The molecule has 0 amide bonds. The molecule has 0 fully saturated rings. The first-order chi connectivity index (χ1) is 11.5. The third kappa shape index (κ3) is 3.15. The lowest BCUT2D eigenvalue weighted by molar-refractivity contribution is -0.169. The topological polar surface area (TPSA) is 72.5 Å². The summed E-state index contributed by atoms with van der Waals surface area (Å²) in [6.07, 6.45) is -1.37. The molecule has 0 aromatic heterocycles. The second-order valence-corrected chi connectivity index (χ2v) is 5.87. The molecule has 2 atom stereocenters. The van der Waals surface area contributed by atoms with E-state index in [9.17, 15) is 9.90 Å². The minimum atomic E-state index is -1.37. The molecule has 4 nitrogen and oxygen atoms in total. The van der Waals surface area contributed by atoms with Gasteiger partial charge in [-0.2, -0.15) is 0 Å². The Balaban J connectivity index is 1.89. The standard InChI is InChI=1S/C20H19NO3/c1-20(21,17-13-7-11-14-8-5-6-12-16(14)17)24-19(23)18(22)15-9-3-2-4-10-15/h2-13,18,22H,21H2,1H3/t18-,20+/m1/s1. The molecular formula is C20H19NO3. The van der Waals surface area contributed by atoms with E-state index < -0.39 is 17.8 Å². The van der Waals surface area contributed by atoms with Crippen LogP contribution in [0.2, 0.25) is 0 Å². The number of rotatable bonds is 4. The summed E-state index contributed by atoms with van der Waals surface area (Å²) in [6.45, 7) is 1.62. The summed E-state index contributed by atoms with van der Waals surface area (Å²) in [7, 11) is 0. The van der Waals surface area contributed by atoms with Crippen molar-refractivity contribution in [1.29, 1.82) is 0 Å². The maximum atomic E-state index is 12.3. The van der Waals surface area contributed by atoms with Crippen molar-refractivity contribution in [2.45, 2.75) is 18.8 Å². The molecular weight excluding hydrogens is 302 g/mol. The Morgan fingerprint density at radius 2 is 1.62 bits per heavy atom. The summed E-state index contributed by atoms with van der Waals surface area (Å²) in [6, 6.07) is 22.0. The number of hydrogen-bond donors (Lipinski definition) is 2. The van der Waals surface area contributed by atoms with Crippen molar-refractivity contribution in [3.63, 3.8) is 0 Å². The third-order valence-electron chi connectivity index (χ3n) is 3.98. The predicted molar refractivity (Wildman–Crippen MR) is 93.0 cm³/mol. The van der Waals surface area contributed by atoms with Gasteiger partial charge in [-0.1, -0.05) is 72.8 Å². The van der Waals surface area contributed by atoms with Crippen LogP contribution in [-0.4, -0.2) is 11.1 Å². The SMILES string of the molecule is C[C@](N)(OC(=O)[C@H](O)c1ccccc1)c1cccc2ccccc12. The minimum absolute atomic E-state index is 0.469. The number of aliphatic hydroxyl groups excluding tert-OH is 1. The second kappa shape index (κ2) is 6.43. The molecule has 0 unspecified atom stereocenters. The van der Waals surface area contributed by atoms with Gasteiger partial charge in [0.1, 0.15) is 0 Å². The highest BCUT2D eigenvalue weighted by atomic mass is 16.6. The van der Waals surface area contributed by atoms with Crippen molar-refractivity contribution in [3.8, 4) is 0 Å². The molecule has 24 heavy (non-hydrogen) atoms. The van der Waals surface area contributed by atoms with Crippen molar-refractivity contribution >= 4 is 16.7 Å². The fourth-order valence-corrected chi connectivity index (χ4v) is 2.75.